The quantitative estimate of drug-likeness (QED) is 0.513. The number of methoxy groups -OCH3 is 1. The summed E-state index contributed by atoms with van der Waals surface area (Å²) in [5.41, 5.74) is 5.24. The van der Waals surface area contributed by atoms with Crippen molar-refractivity contribution in [2.45, 2.75) is 6.04 Å². The zero-order valence-electron chi connectivity index (χ0n) is 7.97. The summed E-state index contributed by atoms with van der Waals surface area (Å²) >= 11 is 0. The van der Waals surface area contributed by atoms with E-state index in [-0.39, 0.29) is 11.3 Å². The number of carbonyl (C=O) groups is 1. The lowest BCUT2D eigenvalue weighted by molar-refractivity contribution is -0.142. The number of esters is 1. The zero-order chi connectivity index (χ0) is 11.6. The summed E-state index contributed by atoms with van der Waals surface area (Å²) in [7, 11) is 1.14. The van der Waals surface area contributed by atoms with Crippen LogP contribution in [0.4, 0.5) is 0 Å². The molecule has 0 amide bonds. The first-order valence-corrected chi connectivity index (χ1v) is 4.05. The third-order valence-electron chi connectivity index (χ3n) is 1.89. The Kier molecular flexibility index (Phi) is 3.01. The van der Waals surface area contributed by atoms with Crippen molar-refractivity contribution < 1.29 is 24.9 Å². The number of ether oxygens (including phenoxy) is 1. The van der Waals surface area contributed by atoms with E-state index >= 15 is 0 Å². The maximum absolute atomic E-state index is 11.1. The van der Waals surface area contributed by atoms with Crippen molar-refractivity contribution in [1.82, 2.24) is 0 Å². The number of phenols is 3. The fourth-order valence-electron chi connectivity index (χ4n) is 1.17. The average molecular weight is 213 g/mol. The molecule has 15 heavy (non-hydrogen) atoms. The second-order valence-electron chi connectivity index (χ2n) is 2.90. The van der Waals surface area contributed by atoms with Gasteiger partial charge in [0.1, 0.15) is 23.3 Å². The predicted molar refractivity (Wildman–Crippen MR) is 50.4 cm³/mol. The molecule has 0 aliphatic rings. The minimum absolute atomic E-state index is 0.181. The van der Waals surface area contributed by atoms with Gasteiger partial charge in [0.2, 0.25) is 0 Å². The van der Waals surface area contributed by atoms with Gasteiger partial charge in [0.05, 0.1) is 12.7 Å². The molecule has 5 N–H and O–H groups in total. The Bertz CT molecular complexity index is 367. The van der Waals surface area contributed by atoms with E-state index in [1.165, 1.54) is 0 Å². The third-order valence-corrected chi connectivity index (χ3v) is 1.89. The largest absolute Gasteiger partial charge is 0.508 e. The van der Waals surface area contributed by atoms with E-state index in [0.29, 0.717) is 0 Å². The Hall–Kier alpha value is -1.95. The number of carbonyl (C=O) groups excluding carboxylic acids is 1. The lowest BCUT2D eigenvalue weighted by Crippen LogP contribution is -2.22. The summed E-state index contributed by atoms with van der Waals surface area (Å²) in [6, 6.07) is 0.644. The fourth-order valence-corrected chi connectivity index (χ4v) is 1.17. The molecule has 0 saturated carbocycles. The molecule has 1 aromatic rings. The molecular formula is C9H11NO5. The van der Waals surface area contributed by atoms with Crippen molar-refractivity contribution in [3.8, 4) is 17.2 Å². The lowest BCUT2D eigenvalue weighted by atomic mass is 10.1. The molecule has 6 nitrogen and oxygen atoms in total. The van der Waals surface area contributed by atoms with Gasteiger partial charge < -0.3 is 25.8 Å². The van der Waals surface area contributed by atoms with E-state index < -0.39 is 23.5 Å². The van der Waals surface area contributed by atoms with Crippen molar-refractivity contribution in [1.29, 1.82) is 0 Å². The van der Waals surface area contributed by atoms with E-state index in [1.807, 2.05) is 0 Å². The highest BCUT2D eigenvalue weighted by Crippen LogP contribution is 2.35. The normalized spacial score (nSPS) is 12.1. The van der Waals surface area contributed by atoms with Crippen LogP contribution in [0.2, 0.25) is 0 Å². The summed E-state index contributed by atoms with van der Waals surface area (Å²) in [5.74, 6) is -2.06. The van der Waals surface area contributed by atoms with Crippen LogP contribution in [0.15, 0.2) is 12.1 Å². The second kappa shape index (κ2) is 4.05. The summed E-state index contributed by atoms with van der Waals surface area (Å²) in [4.78, 5) is 11.1. The molecule has 0 heterocycles. The van der Waals surface area contributed by atoms with E-state index in [0.717, 1.165) is 19.2 Å². The summed E-state index contributed by atoms with van der Waals surface area (Å²) in [6.45, 7) is 0. The predicted octanol–water partition coefficient (Wildman–Crippen LogP) is -0.0238. The number of aromatic hydroxyl groups is 3. The first-order chi connectivity index (χ1) is 6.97. The maximum Gasteiger partial charge on any atom is 0.327 e. The van der Waals surface area contributed by atoms with Crippen LogP contribution in [0.5, 0.6) is 17.2 Å². The minimum atomic E-state index is -1.30. The number of nitrogens with two attached hydrogens (primary N) is 1. The lowest BCUT2D eigenvalue weighted by Gasteiger charge is -2.13. The third kappa shape index (κ3) is 2.10. The van der Waals surface area contributed by atoms with Gasteiger partial charge in [-0.3, -0.25) is 0 Å². The molecule has 1 rings (SSSR count). The SMILES string of the molecule is COC(=O)C(N)c1c(O)cc(O)cc1O. The summed E-state index contributed by atoms with van der Waals surface area (Å²) in [6.07, 6.45) is 0. The van der Waals surface area contributed by atoms with Gasteiger partial charge in [0.15, 0.2) is 0 Å². The first kappa shape index (κ1) is 11.1. The van der Waals surface area contributed by atoms with E-state index in [4.69, 9.17) is 10.8 Å². The smallest absolute Gasteiger partial charge is 0.327 e. The Balaban J connectivity index is 3.19. The Labute approximate surface area is 85.5 Å². The van der Waals surface area contributed by atoms with E-state index in [9.17, 15) is 15.0 Å². The number of hydrogen-bond donors (Lipinski definition) is 4. The van der Waals surface area contributed by atoms with Gasteiger partial charge >= 0.3 is 5.97 Å². The van der Waals surface area contributed by atoms with Crippen LogP contribution in [-0.2, 0) is 9.53 Å². The van der Waals surface area contributed by atoms with Crippen LogP contribution >= 0.6 is 0 Å². The van der Waals surface area contributed by atoms with Gasteiger partial charge in [-0.25, -0.2) is 4.79 Å². The molecule has 0 fully saturated rings. The molecule has 0 saturated heterocycles. The van der Waals surface area contributed by atoms with Crippen molar-refractivity contribution in [3.05, 3.63) is 17.7 Å². The van der Waals surface area contributed by atoms with E-state index in [2.05, 4.69) is 4.74 Å². The molecule has 1 atom stereocenters. The number of benzene rings is 1. The van der Waals surface area contributed by atoms with Gasteiger partial charge in [-0.1, -0.05) is 0 Å². The van der Waals surface area contributed by atoms with Crippen LogP contribution in [0.25, 0.3) is 0 Å². The fraction of sp³-hybridized carbons (Fsp3) is 0.222. The highest BCUT2D eigenvalue weighted by atomic mass is 16.5. The van der Waals surface area contributed by atoms with Gasteiger partial charge in [-0.05, 0) is 0 Å². The van der Waals surface area contributed by atoms with Gasteiger partial charge in [0.25, 0.3) is 0 Å². The number of hydrogen-bond acceptors (Lipinski definition) is 6. The number of rotatable bonds is 2. The second-order valence-corrected chi connectivity index (χ2v) is 2.90. The Morgan fingerprint density at radius 2 is 1.80 bits per heavy atom. The minimum Gasteiger partial charge on any atom is -0.508 e. The van der Waals surface area contributed by atoms with E-state index in [1.54, 1.807) is 0 Å². The molecule has 0 aliphatic carbocycles. The molecule has 0 bridgehead atoms. The zero-order valence-corrected chi connectivity index (χ0v) is 7.97. The molecule has 1 unspecified atom stereocenters. The van der Waals surface area contributed by atoms with Crippen LogP contribution in [-0.4, -0.2) is 28.4 Å². The molecule has 0 radical (unpaired) electrons. The standard InChI is InChI=1S/C9H11NO5/c1-15-9(14)8(10)7-5(12)2-4(11)3-6(7)13/h2-3,8,11-13H,10H2,1H3. The highest BCUT2D eigenvalue weighted by Gasteiger charge is 2.23. The summed E-state index contributed by atoms with van der Waals surface area (Å²) in [5, 5.41) is 27.8. The van der Waals surface area contributed by atoms with Gasteiger partial charge in [-0.2, -0.15) is 0 Å². The van der Waals surface area contributed by atoms with Crippen LogP contribution in [0.1, 0.15) is 11.6 Å². The van der Waals surface area contributed by atoms with Crippen molar-refractivity contribution in [2.75, 3.05) is 7.11 Å². The van der Waals surface area contributed by atoms with Gasteiger partial charge in [0, 0.05) is 12.1 Å². The molecule has 82 valence electrons. The van der Waals surface area contributed by atoms with Crippen molar-refractivity contribution in [2.24, 2.45) is 5.73 Å². The molecule has 6 heteroatoms. The molecule has 0 aromatic heterocycles. The topological polar surface area (TPSA) is 113 Å². The van der Waals surface area contributed by atoms with Crippen molar-refractivity contribution >= 4 is 5.97 Å². The first-order valence-electron chi connectivity index (χ1n) is 4.05. The van der Waals surface area contributed by atoms with Crippen LogP contribution in [0.3, 0.4) is 0 Å². The highest BCUT2D eigenvalue weighted by molar-refractivity contribution is 5.79. The molecule has 0 spiro atoms. The maximum atomic E-state index is 11.1. The molecule has 0 aliphatic heterocycles. The summed E-state index contributed by atoms with van der Waals surface area (Å²) < 4.78 is 4.36. The van der Waals surface area contributed by atoms with Gasteiger partial charge in [-0.15, -0.1) is 0 Å². The molecular weight excluding hydrogens is 202 g/mol. The van der Waals surface area contributed by atoms with Crippen molar-refractivity contribution in [3.63, 3.8) is 0 Å². The number of phenolic OH excluding ortho intramolecular Hbond substituents is 3. The van der Waals surface area contributed by atoms with Crippen LogP contribution in [0, 0.1) is 0 Å². The average Bonchev–Trinajstić information content (AvgIpc) is 2.14. The Morgan fingerprint density at radius 1 is 1.33 bits per heavy atom. The monoisotopic (exact) mass is 213 g/mol. The van der Waals surface area contributed by atoms with Crippen LogP contribution < -0.4 is 5.73 Å². The Morgan fingerprint density at radius 3 is 2.20 bits per heavy atom. The molecule has 1 aromatic carbocycles.